The smallest absolute Gasteiger partial charge is 0.323 e. The van der Waals surface area contributed by atoms with Gasteiger partial charge in [0.15, 0.2) is 0 Å². The summed E-state index contributed by atoms with van der Waals surface area (Å²) in [5.74, 6) is 1.76. The average molecular weight is 411 g/mol. The second-order valence-electron chi connectivity index (χ2n) is 7.29. The Labute approximate surface area is 174 Å². The van der Waals surface area contributed by atoms with Gasteiger partial charge in [0.25, 0.3) is 0 Å². The van der Waals surface area contributed by atoms with Crippen LogP contribution in [0.15, 0.2) is 0 Å². The van der Waals surface area contributed by atoms with E-state index in [1.54, 1.807) is 0 Å². The van der Waals surface area contributed by atoms with Gasteiger partial charge in [-0.15, -0.1) is 0 Å². The molecule has 1 saturated carbocycles. The molecule has 0 amide bonds. The maximum Gasteiger partial charge on any atom is 0.323 e. The zero-order valence-corrected chi connectivity index (χ0v) is 17.8. The van der Waals surface area contributed by atoms with Crippen molar-refractivity contribution in [3.8, 4) is 6.01 Å². The summed E-state index contributed by atoms with van der Waals surface area (Å²) in [6.45, 7) is 6.93. The minimum absolute atomic E-state index is 0.359. The first-order valence-corrected chi connectivity index (χ1v) is 11.0. The highest BCUT2D eigenvalue weighted by Gasteiger charge is 2.14. The molecule has 2 rings (SSSR count). The van der Waals surface area contributed by atoms with Crippen molar-refractivity contribution in [1.82, 2.24) is 15.0 Å². The van der Waals surface area contributed by atoms with Crippen LogP contribution in [0.1, 0.15) is 51.9 Å². The molecule has 0 aromatic carbocycles. The molecule has 1 aliphatic carbocycles. The van der Waals surface area contributed by atoms with Crippen molar-refractivity contribution >= 4 is 11.9 Å². The second kappa shape index (κ2) is 15.2. The van der Waals surface area contributed by atoms with Gasteiger partial charge in [0, 0.05) is 19.6 Å². The zero-order valence-electron chi connectivity index (χ0n) is 17.8. The average Bonchev–Trinajstić information content (AvgIpc) is 2.75. The second-order valence-corrected chi connectivity index (χ2v) is 7.29. The van der Waals surface area contributed by atoms with Crippen LogP contribution in [0.3, 0.4) is 0 Å². The third-order valence-corrected chi connectivity index (χ3v) is 4.78. The Bertz CT molecular complexity index is 543. The molecule has 1 aromatic rings. The number of aromatic nitrogens is 3. The molecule has 0 bridgehead atoms. The fourth-order valence-electron chi connectivity index (χ4n) is 3.15. The lowest BCUT2D eigenvalue weighted by atomic mass is 9.89. The van der Waals surface area contributed by atoms with E-state index >= 15 is 0 Å². The maximum absolute atomic E-state index is 5.70. The molecule has 1 aromatic heterocycles. The van der Waals surface area contributed by atoms with Crippen LogP contribution in [-0.4, -0.2) is 67.6 Å². The van der Waals surface area contributed by atoms with Crippen molar-refractivity contribution in [3.05, 3.63) is 0 Å². The maximum atomic E-state index is 5.70. The lowest BCUT2D eigenvalue weighted by Crippen LogP contribution is -2.20. The van der Waals surface area contributed by atoms with E-state index in [4.69, 9.17) is 19.9 Å². The molecular formula is C20H38N6O3. The molecule has 0 spiro atoms. The topological polar surface area (TPSA) is 116 Å². The van der Waals surface area contributed by atoms with Crippen LogP contribution >= 0.6 is 0 Å². The number of rotatable bonds is 16. The van der Waals surface area contributed by atoms with Crippen molar-refractivity contribution in [2.24, 2.45) is 11.7 Å². The monoisotopic (exact) mass is 410 g/mol. The highest BCUT2D eigenvalue weighted by molar-refractivity contribution is 5.35. The fourth-order valence-corrected chi connectivity index (χ4v) is 3.15. The van der Waals surface area contributed by atoms with Crippen LogP contribution in [0.2, 0.25) is 0 Å². The molecule has 0 aliphatic heterocycles. The van der Waals surface area contributed by atoms with E-state index in [2.05, 4.69) is 32.5 Å². The summed E-state index contributed by atoms with van der Waals surface area (Å²) in [7, 11) is 0. The Morgan fingerprint density at radius 3 is 2.34 bits per heavy atom. The predicted octanol–water partition coefficient (Wildman–Crippen LogP) is 2.45. The highest BCUT2D eigenvalue weighted by atomic mass is 16.5. The quantitative estimate of drug-likeness (QED) is 0.353. The van der Waals surface area contributed by atoms with E-state index in [-0.39, 0.29) is 0 Å². The summed E-state index contributed by atoms with van der Waals surface area (Å²) < 4.78 is 16.5. The normalized spacial score (nSPS) is 14.7. The van der Waals surface area contributed by atoms with E-state index in [0.717, 1.165) is 19.4 Å². The molecule has 9 heteroatoms. The van der Waals surface area contributed by atoms with Gasteiger partial charge in [-0.1, -0.05) is 32.6 Å². The minimum Gasteiger partial charge on any atom is -0.463 e. The first kappa shape index (κ1) is 23.6. The zero-order chi connectivity index (χ0) is 20.6. The summed E-state index contributed by atoms with van der Waals surface area (Å²) in [6.07, 6.45) is 8.57. The van der Waals surface area contributed by atoms with Crippen molar-refractivity contribution in [3.63, 3.8) is 0 Å². The third kappa shape index (κ3) is 10.6. The predicted molar refractivity (Wildman–Crippen MR) is 114 cm³/mol. The SMILES string of the molecule is CCCCOc1nc(NCCOCCOCCN)nc(NCC2CCCCC2)n1. The van der Waals surface area contributed by atoms with Crippen LogP contribution in [0.4, 0.5) is 11.9 Å². The van der Waals surface area contributed by atoms with Gasteiger partial charge in [0.1, 0.15) is 0 Å². The van der Waals surface area contributed by atoms with E-state index in [1.807, 2.05) is 0 Å². The first-order valence-electron chi connectivity index (χ1n) is 11.0. The molecule has 9 nitrogen and oxygen atoms in total. The molecule has 1 aliphatic rings. The molecule has 0 radical (unpaired) electrons. The number of ether oxygens (including phenoxy) is 3. The van der Waals surface area contributed by atoms with Crippen molar-refractivity contribution < 1.29 is 14.2 Å². The molecule has 4 N–H and O–H groups in total. The summed E-state index contributed by atoms with van der Waals surface area (Å²) in [4.78, 5) is 13.3. The van der Waals surface area contributed by atoms with Gasteiger partial charge in [-0.25, -0.2) is 0 Å². The van der Waals surface area contributed by atoms with Crippen molar-refractivity contribution in [2.45, 2.75) is 51.9 Å². The number of hydrogen-bond donors (Lipinski definition) is 3. The molecule has 0 saturated heterocycles. The van der Waals surface area contributed by atoms with E-state index in [9.17, 15) is 0 Å². The van der Waals surface area contributed by atoms with E-state index in [1.165, 1.54) is 32.1 Å². The fraction of sp³-hybridized carbons (Fsp3) is 0.850. The molecular weight excluding hydrogens is 372 g/mol. The number of nitrogens with two attached hydrogens (primary N) is 1. The van der Waals surface area contributed by atoms with Gasteiger partial charge in [-0.3, -0.25) is 0 Å². The van der Waals surface area contributed by atoms with E-state index in [0.29, 0.717) is 69.9 Å². The van der Waals surface area contributed by atoms with Crippen LogP contribution in [0, 0.1) is 5.92 Å². The number of nitrogens with zero attached hydrogens (tertiary/aromatic N) is 3. The first-order chi connectivity index (χ1) is 14.3. The molecule has 0 unspecified atom stereocenters. The van der Waals surface area contributed by atoms with Gasteiger partial charge in [0.05, 0.1) is 33.0 Å². The van der Waals surface area contributed by atoms with Gasteiger partial charge < -0.3 is 30.6 Å². The highest BCUT2D eigenvalue weighted by Crippen LogP contribution is 2.23. The molecule has 29 heavy (non-hydrogen) atoms. The number of hydrogen-bond acceptors (Lipinski definition) is 9. The third-order valence-electron chi connectivity index (χ3n) is 4.78. The standard InChI is InChI=1S/C20H38N6O3/c1-2-3-11-29-20-25-18(22-10-13-28-15-14-27-12-9-21)24-19(26-20)23-16-17-7-5-4-6-8-17/h17H,2-16,21H2,1H3,(H2,22,23,24,25,26). The Hall–Kier alpha value is -1.71. The molecule has 166 valence electrons. The number of anilines is 2. The molecule has 0 atom stereocenters. The number of nitrogens with one attached hydrogen (secondary N) is 2. The molecule has 1 heterocycles. The Morgan fingerprint density at radius 1 is 0.897 bits per heavy atom. The van der Waals surface area contributed by atoms with Gasteiger partial charge >= 0.3 is 6.01 Å². The van der Waals surface area contributed by atoms with Gasteiger partial charge in [-0.2, -0.15) is 15.0 Å². The lowest BCUT2D eigenvalue weighted by Gasteiger charge is -2.21. The lowest BCUT2D eigenvalue weighted by molar-refractivity contribution is 0.0547. The Morgan fingerprint density at radius 2 is 1.62 bits per heavy atom. The Balaban J connectivity index is 1.79. The van der Waals surface area contributed by atoms with E-state index < -0.39 is 0 Å². The Kier molecular flexibility index (Phi) is 12.3. The number of unbranched alkanes of at least 4 members (excludes halogenated alkanes) is 1. The minimum atomic E-state index is 0.359. The largest absolute Gasteiger partial charge is 0.463 e. The summed E-state index contributed by atoms with van der Waals surface area (Å²) in [5, 5.41) is 6.56. The van der Waals surface area contributed by atoms with Crippen LogP contribution in [0.5, 0.6) is 6.01 Å². The summed E-state index contributed by atoms with van der Waals surface area (Å²) >= 11 is 0. The summed E-state index contributed by atoms with van der Waals surface area (Å²) in [5.41, 5.74) is 5.37. The molecule has 1 fully saturated rings. The van der Waals surface area contributed by atoms with Crippen LogP contribution in [-0.2, 0) is 9.47 Å². The van der Waals surface area contributed by atoms with Gasteiger partial charge in [-0.05, 0) is 25.2 Å². The van der Waals surface area contributed by atoms with Crippen LogP contribution in [0.25, 0.3) is 0 Å². The van der Waals surface area contributed by atoms with Crippen molar-refractivity contribution in [1.29, 1.82) is 0 Å². The summed E-state index contributed by atoms with van der Waals surface area (Å²) in [6, 6.07) is 0.359. The van der Waals surface area contributed by atoms with Crippen molar-refractivity contribution in [2.75, 3.05) is 63.3 Å². The van der Waals surface area contributed by atoms with Gasteiger partial charge in [0.2, 0.25) is 11.9 Å². The van der Waals surface area contributed by atoms with Crippen LogP contribution < -0.4 is 21.1 Å².